The Labute approximate surface area is 81.1 Å². The van der Waals surface area contributed by atoms with Crippen LogP contribution >= 0.6 is 11.8 Å². The van der Waals surface area contributed by atoms with Gasteiger partial charge in [-0.2, -0.15) is 11.8 Å². The summed E-state index contributed by atoms with van der Waals surface area (Å²) in [5.41, 5.74) is 0. The average Bonchev–Trinajstić information content (AvgIpc) is 1.97. The topological polar surface area (TPSA) is 15.3 Å². The molecule has 0 aromatic rings. The summed E-state index contributed by atoms with van der Waals surface area (Å²) in [6, 6.07) is 0.609. The highest BCUT2D eigenvalue weighted by Crippen LogP contribution is 1.95. The number of rotatable bonds is 7. The van der Waals surface area contributed by atoms with Gasteiger partial charge >= 0.3 is 0 Å². The van der Waals surface area contributed by atoms with E-state index in [4.69, 9.17) is 0 Å². The van der Waals surface area contributed by atoms with Crippen LogP contribution in [-0.2, 0) is 0 Å². The molecule has 1 N–H and O–H groups in total. The number of nitrogens with zero attached hydrogens (tertiary/aromatic N) is 1. The molecule has 0 aliphatic rings. The molecule has 2 nitrogen and oxygen atoms in total. The summed E-state index contributed by atoms with van der Waals surface area (Å²) in [4.78, 5) is 2.21. The highest BCUT2D eigenvalue weighted by molar-refractivity contribution is 7.99. The monoisotopic (exact) mass is 190 g/mol. The minimum Gasteiger partial charge on any atom is -0.312 e. The molecule has 1 unspecified atom stereocenters. The van der Waals surface area contributed by atoms with Crippen molar-refractivity contribution >= 4 is 11.8 Å². The van der Waals surface area contributed by atoms with Gasteiger partial charge in [0.05, 0.1) is 0 Å². The van der Waals surface area contributed by atoms with Crippen LogP contribution in [0.3, 0.4) is 0 Å². The van der Waals surface area contributed by atoms with Gasteiger partial charge < -0.3 is 10.2 Å². The maximum atomic E-state index is 3.49. The molecule has 0 radical (unpaired) electrons. The molecule has 12 heavy (non-hydrogen) atoms. The fourth-order valence-corrected chi connectivity index (χ4v) is 1.68. The summed E-state index contributed by atoms with van der Waals surface area (Å²) in [5.74, 6) is 2.46. The Bertz CT molecular complexity index is 96.5. The number of nitrogens with one attached hydrogen (secondary N) is 1. The molecule has 0 aliphatic heterocycles. The summed E-state index contributed by atoms with van der Waals surface area (Å²) < 4.78 is 0. The molecule has 0 bridgehead atoms. The molecule has 0 spiro atoms. The first-order valence-corrected chi connectivity index (χ1v) is 5.78. The van der Waals surface area contributed by atoms with E-state index in [1.807, 2.05) is 11.8 Å². The van der Waals surface area contributed by atoms with Gasteiger partial charge in [-0.05, 0) is 26.8 Å². The molecular weight excluding hydrogens is 168 g/mol. The molecule has 0 saturated carbocycles. The zero-order valence-electron chi connectivity index (χ0n) is 8.76. The largest absolute Gasteiger partial charge is 0.312 e. The second-order valence-electron chi connectivity index (χ2n) is 3.31. The third-order valence-corrected chi connectivity index (χ3v) is 2.48. The van der Waals surface area contributed by atoms with Crippen LogP contribution in [0, 0.1) is 0 Å². The smallest absolute Gasteiger partial charge is 0.0166 e. The van der Waals surface area contributed by atoms with E-state index in [2.05, 4.69) is 38.2 Å². The van der Waals surface area contributed by atoms with Gasteiger partial charge in [0.2, 0.25) is 0 Å². The summed E-state index contributed by atoms with van der Waals surface area (Å²) in [6.07, 6.45) is 0. The third kappa shape index (κ3) is 8.37. The van der Waals surface area contributed by atoms with Crippen molar-refractivity contribution in [2.45, 2.75) is 19.9 Å². The molecule has 0 amide bonds. The van der Waals surface area contributed by atoms with E-state index in [0.29, 0.717) is 6.04 Å². The van der Waals surface area contributed by atoms with Gasteiger partial charge in [-0.25, -0.2) is 0 Å². The number of likely N-dealkylation sites (N-methyl/N-ethyl adjacent to an activating group) is 1. The Balaban J connectivity index is 3.14. The Morgan fingerprint density at radius 3 is 2.58 bits per heavy atom. The lowest BCUT2D eigenvalue weighted by atomic mass is 10.3. The van der Waals surface area contributed by atoms with E-state index in [0.717, 1.165) is 13.1 Å². The van der Waals surface area contributed by atoms with Crippen molar-refractivity contribution in [3.63, 3.8) is 0 Å². The molecule has 0 aliphatic carbocycles. The second-order valence-corrected chi connectivity index (χ2v) is 4.71. The Morgan fingerprint density at radius 2 is 2.08 bits per heavy atom. The molecule has 0 rings (SSSR count). The Kier molecular flexibility index (Phi) is 8.07. The maximum Gasteiger partial charge on any atom is 0.0166 e. The zero-order valence-corrected chi connectivity index (χ0v) is 9.58. The average molecular weight is 190 g/mol. The molecule has 1 atom stereocenters. The summed E-state index contributed by atoms with van der Waals surface area (Å²) in [7, 11) is 4.22. The van der Waals surface area contributed by atoms with Crippen molar-refractivity contribution in [1.29, 1.82) is 0 Å². The van der Waals surface area contributed by atoms with E-state index in [-0.39, 0.29) is 0 Å². The van der Waals surface area contributed by atoms with Crippen molar-refractivity contribution in [2.75, 3.05) is 38.7 Å². The van der Waals surface area contributed by atoms with Crippen LogP contribution < -0.4 is 5.32 Å². The quantitative estimate of drug-likeness (QED) is 0.609. The number of hydrogen-bond donors (Lipinski definition) is 1. The van der Waals surface area contributed by atoms with Crippen LogP contribution in [0.15, 0.2) is 0 Å². The Morgan fingerprint density at radius 1 is 1.42 bits per heavy atom. The van der Waals surface area contributed by atoms with Crippen molar-refractivity contribution < 1.29 is 0 Å². The molecule has 0 aromatic carbocycles. The summed E-state index contributed by atoms with van der Waals surface area (Å²) >= 11 is 1.99. The highest BCUT2D eigenvalue weighted by atomic mass is 32.2. The van der Waals surface area contributed by atoms with Gasteiger partial charge in [-0.15, -0.1) is 0 Å². The number of hydrogen-bond acceptors (Lipinski definition) is 3. The molecular formula is C9H22N2S. The molecule has 3 heteroatoms. The SMILES string of the molecule is CCSCCNC(C)CN(C)C. The maximum absolute atomic E-state index is 3.49. The first-order chi connectivity index (χ1) is 5.66. The Hall–Kier alpha value is 0.270. The lowest BCUT2D eigenvalue weighted by Crippen LogP contribution is -2.36. The van der Waals surface area contributed by atoms with Crippen LogP contribution in [-0.4, -0.2) is 49.6 Å². The van der Waals surface area contributed by atoms with E-state index >= 15 is 0 Å². The van der Waals surface area contributed by atoms with Gasteiger partial charge in [-0.1, -0.05) is 6.92 Å². The van der Waals surface area contributed by atoms with Gasteiger partial charge in [0, 0.05) is 24.9 Å². The predicted octanol–water partition coefficient (Wildman–Crippen LogP) is 1.28. The summed E-state index contributed by atoms with van der Waals surface area (Å²) in [6.45, 7) is 6.69. The van der Waals surface area contributed by atoms with Crippen LogP contribution in [0.25, 0.3) is 0 Å². The zero-order chi connectivity index (χ0) is 9.40. The van der Waals surface area contributed by atoms with Crippen LogP contribution in [0.1, 0.15) is 13.8 Å². The van der Waals surface area contributed by atoms with E-state index < -0.39 is 0 Å². The van der Waals surface area contributed by atoms with Gasteiger partial charge in [-0.3, -0.25) is 0 Å². The molecule has 0 aromatic heterocycles. The fourth-order valence-electron chi connectivity index (χ4n) is 1.13. The van der Waals surface area contributed by atoms with Crippen molar-refractivity contribution in [3.05, 3.63) is 0 Å². The van der Waals surface area contributed by atoms with Crippen molar-refractivity contribution in [3.8, 4) is 0 Å². The summed E-state index contributed by atoms with van der Waals surface area (Å²) in [5, 5.41) is 3.49. The molecule has 74 valence electrons. The third-order valence-electron chi connectivity index (χ3n) is 1.58. The lowest BCUT2D eigenvalue weighted by Gasteiger charge is -2.17. The van der Waals surface area contributed by atoms with E-state index in [1.165, 1.54) is 11.5 Å². The van der Waals surface area contributed by atoms with Crippen LogP contribution in [0.2, 0.25) is 0 Å². The minimum atomic E-state index is 0.609. The van der Waals surface area contributed by atoms with E-state index in [9.17, 15) is 0 Å². The fraction of sp³-hybridized carbons (Fsp3) is 1.00. The lowest BCUT2D eigenvalue weighted by molar-refractivity contribution is 0.354. The first kappa shape index (κ1) is 12.3. The van der Waals surface area contributed by atoms with Crippen molar-refractivity contribution in [2.24, 2.45) is 0 Å². The standard InChI is InChI=1S/C9H22N2S/c1-5-12-7-6-10-9(2)8-11(3)4/h9-10H,5-8H2,1-4H3. The second kappa shape index (κ2) is 7.90. The van der Waals surface area contributed by atoms with Gasteiger partial charge in [0.15, 0.2) is 0 Å². The van der Waals surface area contributed by atoms with Crippen molar-refractivity contribution in [1.82, 2.24) is 10.2 Å². The predicted molar refractivity (Wildman–Crippen MR) is 59.0 cm³/mol. The minimum absolute atomic E-state index is 0.609. The molecule has 0 saturated heterocycles. The number of thioether (sulfide) groups is 1. The normalized spacial score (nSPS) is 13.8. The highest BCUT2D eigenvalue weighted by Gasteiger charge is 2.00. The van der Waals surface area contributed by atoms with Crippen LogP contribution in [0.5, 0.6) is 0 Å². The van der Waals surface area contributed by atoms with Crippen LogP contribution in [0.4, 0.5) is 0 Å². The van der Waals surface area contributed by atoms with Gasteiger partial charge in [0.25, 0.3) is 0 Å². The molecule has 0 fully saturated rings. The first-order valence-electron chi connectivity index (χ1n) is 4.62. The van der Waals surface area contributed by atoms with E-state index in [1.54, 1.807) is 0 Å². The van der Waals surface area contributed by atoms with Gasteiger partial charge in [0.1, 0.15) is 0 Å². The molecule has 0 heterocycles.